The van der Waals surface area contributed by atoms with Crippen molar-refractivity contribution in [3.8, 4) is 0 Å². The van der Waals surface area contributed by atoms with Gasteiger partial charge in [-0.1, -0.05) is 0 Å². The average Bonchev–Trinajstić information content (AvgIpc) is 2.45. The lowest BCUT2D eigenvalue weighted by molar-refractivity contribution is 0.00555. The summed E-state index contributed by atoms with van der Waals surface area (Å²) in [7, 11) is 0. The number of β-amino-alcohol motifs (C(OH)–C–C–N with tert-alkyl or cyclic N) is 1. The van der Waals surface area contributed by atoms with Crippen LogP contribution in [0.15, 0.2) is 16.7 Å². The largest absolute Gasteiger partial charge is 0.389 e. The Morgan fingerprint density at radius 3 is 2.85 bits per heavy atom. The Kier molecular flexibility index (Phi) is 2.13. The summed E-state index contributed by atoms with van der Waals surface area (Å²) in [5.74, 6) is -0.0593. The van der Waals surface area contributed by atoms with Crippen molar-refractivity contribution < 1.29 is 9.90 Å². The fraction of sp³-hybridized carbons (Fsp3) is 0.375. The second kappa shape index (κ2) is 3.16. The normalized spacial score (nSPS) is 17.2. The molecule has 5 heteroatoms. The molecule has 1 aromatic heterocycles. The molecule has 70 valence electrons. The van der Waals surface area contributed by atoms with Crippen LogP contribution in [0.3, 0.4) is 0 Å². The molecule has 1 aliphatic heterocycles. The maximum Gasteiger partial charge on any atom is 0.270 e. The van der Waals surface area contributed by atoms with Crippen molar-refractivity contribution in [2.45, 2.75) is 6.10 Å². The second-order valence-electron chi connectivity index (χ2n) is 3.10. The minimum Gasteiger partial charge on any atom is -0.389 e. The summed E-state index contributed by atoms with van der Waals surface area (Å²) >= 11 is 3.25. The molecule has 0 radical (unpaired) electrons. The summed E-state index contributed by atoms with van der Waals surface area (Å²) < 4.78 is 0.858. The molecule has 2 rings (SSSR count). The van der Waals surface area contributed by atoms with Gasteiger partial charge in [-0.3, -0.25) is 4.79 Å². The predicted molar refractivity (Wildman–Crippen MR) is 50.4 cm³/mol. The number of likely N-dealkylation sites (tertiary alicyclic amines) is 1. The molecule has 0 unspecified atom stereocenters. The number of aromatic amines is 1. The summed E-state index contributed by atoms with van der Waals surface area (Å²) in [5.41, 5.74) is 0.554. The zero-order valence-electron chi connectivity index (χ0n) is 6.83. The number of amides is 1. The van der Waals surface area contributed by atoms with Gasteiger partial charge in [0.15, 0.2) is 0 Å². The van der Waals surface area contributed by atoms with E-state index in [4.69, 9.17) is 5.11 Å². The summed E-state index contributed by atoms with van der Waals surface area (Å²) in [6, 6.07) is 1.73. The number of nitrogens with zero attached hydrogens (tertiary/aromatic N) is 1. The summed E-state index contributed by atoms with van der Waals surface area (Å²) in [6.07, 6.45) is 1.37. The van der Waals surface area contributed by atoms with Gasteiger partial charge in [-0.15, -0.1) is 0 Å². The number of halogens is 1. The van der Waals surface area contributed by atoms with Crippen molar-refractivity contribution >= 4 is 21.8 Å². The first-order valence-corrected chi connectivity index (χ1v) is 4.77. The summed E-state index contributed by atoms with van der Waals surface area (Å²) in [5, 5.41) is 9.01. The Bertz CT molecular complexity index is 331. The molecule has 0 bridgehead atoms. The van der Waals surface area contributed by atoms with Gasteiger partial charge in [-0.2, -0.15) is 0 Å². The SMILES string of the molecule is O=C(c1cc(Br)c[nH]1)N1CC(O)C1. The van der Waals surface area contributed by atoms with Crippen molar-refractivity contribution in [1.29, 1.82) is 0 Å². The van der Waals surface area contributed by atoms with E-state index in [0.717, 1.165) is 4.47 Å². The lowest BCUT2D eigenvalue weighted by atomic mass is 10.1. The third-order valence-corrected chi connectivity index (χ3v) is 2.49. The molecule has 0 aromatic carbocycles. The van der Waals surface area contributed by atoms with Crippen molar-refractivity contribution in [2.75, 3.05) is 13.1 Å². The minimum absolute atomic E-state index is 0.0593. The number of hydrogen-bond acceptors (Lipinski definition) is 2. The molecule has 0 saturated carbocycles. The number of nitrogens with one attached hydrogen (secondary N) is 1. The lowest BCUT2D eigenvalue weighted by Gasteiger charge is -2.35. The van der Waals surface area contributed by atoms with E-state index in [1.165, 1.54) is 0 Å². The number of hydrogen-bond donors (Lipinski definition) is 2. The second-order valence-corrected chi connectivity index (χ2v) is 4.01. The third-order valence-electron chi connectivity index (χ3n) is 2.03. The van der Waals surface area contributed by atoms with Crippen LogP contribution in [0.1, 0.15) is 10.5 Å². The van der Waals surface area contributed by atoms with Crippen LogP contribution in [0.5, 0.6) is 0 Å². The van der Waals surface area contributed by atoms with Gasteiger partial charge in [0.1, 0.15) is 5.69 Å². The van der Waals surface area contributed by atoms with Crippen LogP contribution < -0.4 is 0 Å². The number of H-pyrrole nitrogens is 1. The van der Waals surface area contributed by atoms with E-state index in [9.17, 15) is 4.79 Å². The van der Waals surface area contributed by atoms with E-state index in [-0.39, 0.29) is 12.0 Å². The molecule has 2 heterocycles. The van der Waals surface area contributed by atoms with E-state index in [0.29, 0.717) is 18.8 Å². The van der Waals surface area contributed by atoms with Gasteiger partial charge in [0.05, 0.1) is 6.10 Å². The van der Waals surface area contributed by atoms with E-state index in [1.807, 2.05) is 0 Å². The fourth-order valence-electron chi connectivity index (χ4n) is 1.28. The molecular formula is C8H9BrN2O2. The van der Waals surface area contributed by atoms with Crippen molar-refractivity contribution in [3.05, 3.63) is 22.4 Å². The third kappa shape index (κ3) is 1.62. The molecule has 1 aromatic rings. The van der Waals surface area contributed by atoms with Crippen LogP contribution >= 0.6 is 15.9 Å². The maximum absolute atomic E-state index is 11.5. The first-order valence-electron chi connectivity index (χ1n) is 3.98. The van der Waals surface area contributed by atoms with Gasteiger partial charge in [0.2, 0.25) is 0 Å². The van der Waals surface area contributed by atoms with Gasteiger partial charge in [0.25, 0.3) is 5.91 Å². The van der Waals surface area contributed by atoms with Gasteiger partial charge in [-0.25, -0.2) is 0 Å². The monoisotopic (exact) mass is 244 g/mol. The Balaban J connectivity index is 2.06. The zero-order valence-corrected chi connectivity index (χ0v) is 8.41. The lowest BCUT2D eigenvalue weighted by Crippen LogP contribution is -2.53. The highest BCUT2D eigenvalue weighted by Crippen LogP contribution is 2.15. The van der Waals surface area contributed by atoms with E-state index in [1.54, 1.807) is 17.2 Å². The molecule has 1 amide bonds. The highest BCUT2D eigenvalue weighted by molar-refractivity contribution is 9.10. The number of aliphatic hydroxyl groups excluding tert-OH is 1. The van der Waals surface area contributed by atoms with Crippen molar-refractivity contribution in [2.24, 2.45) is 0 Å². The molecule has 13 heavy (non-hydrogen) atoms. The quantitative estimate of drug-likeness (QED) is 0.760. The van der Waals surface area contributed by atoms with Crippen LogP contribution in [0.25, 0.3) is 0 Å². The number of aliphatic hydroxyl groups is 1. The smallest absolute Gasteiger partial charge is 0.270 e. The van der Waals surface area contributed by atoms with Gasteiger partial charge >= 0.3 is 0 Å². The Labute approximate surface area is 83.7 Å². The van der Waals surface area contributed by atoms with Crippen LogP contribution in [-0.2, 0) is 0 Å². The topological polar surface area (TPSA) is 56.3 Å². The standard InChI is InChI=1S/C8H9BrN2O2/c9-5-1-7(10-2-5)8(13)11-3-6(12)4-11/h1-2,6,10,12H,3-4H2. The molecule has 0 spiro atoms. The Morgan fingerprint density at radius 1 is 1.69 bits per heavy atom. The van der Waals surface area contributed by atoms with Crippen molar-refractivity contribution in [1.82, 2.24) is 9.88 Å². The Morgan fingerprint density at radius 2 is 2.38 bits per heavy atom. The zero-order chi connectivity index (χ0) is 9.42. The number of aromatic nitrogens is 1. The molecule has 4 nitrogen and oxygen atoms in total. The van der Waals surface area contributed by atoms with Crippen LogP contribution in [0.2, 0.25) is 0 Å². The van der Waals surface area contributed by atoms with Gasteiger partial charge < -0.3 is 15.0 Å². The van der Waals surface area contributed by atoms with E-state index < -0.39 is 0 Å². The van der Waals surface area contributed by atoms with E-state index >= 15 is 0 Å². The molecule has 0 aliphatic carbocycles. The van der Waals surface area contributed by atoms with Gasteiger partial charge in [-0.05, 0) is 22.0 Å². The molecule has 1 saturated heterocycles. The molecule has 1 aliphatic rings. The highest BCUT2D eigenvalue weighted by Gasteiger charge is 2.29. The highest BCUT2D eigenvalue weighted by atomic mass is 79.9. The van der Waals surface area contributed by atoms with Crippen LogP contribution in [0.4, 0.5) is 0 Å². The molecule has 0 atom stereocenters. The van der Waals surface area contributed by atoms with Crippen LogP contribution in [0, 0.1) is 0 Å². The molecule has 2 N–H and O–H groups in total. The average molecular weight is 245 g/mol. The number of carbonyl (C=O) groups excluding carboxylic acids is 1. The van der Waals surface area contributed by atoms with Crippen LogP contribution in [-0.4, -0.2) is 40.1 Å². The first-order chi connectivity index (χ1) is 6.16. The minimum atomic E-state index is -0.345. The van der Waals surface area contributed by atoms with Gasteiger partial charge in [0, 0.05) is 23.8 Å². The fourth-order valence-corrected chi connectivity index (χ4v) is 1.63. The Hall–Kier alpha value is -0.810. The van der Waals surface area contributed by atoms with Crippen molar-refractivity contribution in [3.63, 3.8) is 0 Å². The summed E-state index contributed by atoms with van der Waals surface area (Å²) in [6.45, 7) is 0.880. The first kappa shape index (κ1) is 8.77. The predicted octanol–water partition coefficient (Wildman–Crippen LogP) is 0.594. The molecule has 1 fully saturated rings. The molecular weight excluding hydrogens is 236 g/mol. The maximum atomic E-state index is 11.5. The van der Waals surface area contributed by atoms with E-state index in [2.05, 4.69) is 20.9 Å². The number of carbonyl (C=O) groups is 1. The summed E-state index contributed by atoms with van der Waals surface area (Å²) in [4.78, 5) is 16.0. The number of rotatable bonds is 1.